The number of fused-ring (bicyclic) bond motifs is 1. The fourth-order valence-electron chi connectivity index (χ4n) is 1.21. The first-order chi connectivity index (χ1) is 7.60. The molecule has 0 radical (unpaired) electrons. The van der Waals surface area contributed by atoms with E-state index in [1.165, 1.54) is 11.3 Å². The molecule has 2 aromatic heterocycles. The summed E-state index contributed by atoms with van der Waals surface area (Å²) in [5.74, 6) is 0.603. The van der Waals surface area contributed by atoms with E-state index in [9.17, 15) is 0 Å². The highest BCUT2D eigenvalue weighted by Crippen LogP contribution is 2.29. The number of anilines is 2. The summed E-state index contributed by atoms with van der Waals surface area (Å²) in [6, 6.07) is -0.103. The topological polar surface area (TPSA) is 97.0 Å². The van der Waals surface area contributed by atoms with Crippen LogP contribution < -0.4 is 11.1 Å². The molecule has 0 saturated carbocycles. The van der Waals surface area contributed by atoms with Gasteiger partial charge in [-0.15, -0.1) is 12.6 Å². The Bertz CT molecular complexity index is 514. The lowest BCUT2D eigenvalue weighted by atomic mass is 10.3. The zero-order chi connectivity index (χ0) is 11.7. The van der Waals surface area contributed by atoms with Gasteiger partial charge < -0.3 is 16.2 Å². The molecule has 2 aromatic rings. The number of nitrogens with two attached hydrogens (primary N) is 1. The smallest absolute Gasteiger partial charge is 0.188 e. The highest BCUT2D eigenvalue weighted by molar-refractivity contribution is 7.80. The predicted molar refractivity (Wildman–Crippen MR) is 67.0 cm³/mol. The van der Waals surface area contributed by atoms with Crippen molar-refractivity contribution in [2.45, 2.75) is 18.1 Å². The van der Waals surface area contributed by atoms with Gasteiger partial charge in [-0.05, 0) is 6.92 Å². The van der Waals surface area contributed by atoms with Crippen LogP contribution in [0.15, 0.2) is 5.16 Å². The van der Waals surface area contributed by atoms with Gasteiger partial charge in [0.1, 0.15) is 4.70 Å². The lowest BCUT2D eigenvalue weighted by Gasteiger charge is -2.11. The van der Waals surface area contributed by atoms with Crippen LogP contribution in [0, 0.1) is 0 Å². The van der Waals surface area contributed by atoms with Crippen molar-refractivity contribution in [3.8, 4) is 0 Å². The summed E-state index contributed by atoms with van der Waals surface area (Å²) < 4.78 is 0.774. The molecule has 0 bridgehead atoms. The number of thiazole rings is 1. The summed E-state index contributed by atoms with van der Waals surface area (Å²) in [6.45, 7) is 1.86. The number of nitrogens with one attached hydrogen (secondary N) is 1. The van der Waals surface area contributed by atoms with Gasteiger partial charge in [0.05, 0.1) is 6.61 Å². The highest BCUT2D eigenvalue weighted by atomic mass is 32.1. The molecule has 1 atom stereocenters. The van der Waals surface area contributed by atoms with Crippen LogP contribution in [-0.4, -0.2) is 32.7 Å². The molecule has 0 fully saturated rings. The molecular weight excluding hydrogens is 246 g/mol. The van der Waals surface area contributed by atoms with Crippen LogP contribution in [0.25, 0.3) is 10.3 Å². The summed E-state index contributed by atoms with van der Waals surface area (Å²) in [5.41, 5.74) is 6.13. The number of aliphatic hydroxyl groups is 1. The van der Waals surface area contributed by atoms with Crippen LogP contribution in [0.3, 0.4) is 0 Å². The van der Waals surface area contributed by atoms with Crippen molar-refractivity contribution in [2.75, 3.05) is 17.7 Å². The zero-order valence-electron chi connectivity index (χ0n) is 8.51. The second-order valence-corrected chi connectivity index (χ2v) is 4.74. The molecule has 0 saturated heterocycles. The Morgan fingerprint density at radius 2 is 2.25 bits per heavy atom. The fourth-order valence-corrected chi connectivity index (χ4v) is 2.13. The van der Waals surface area contributed by atoms with Gasteiger partial charge in [-0.25, -0.2) is 15.0 Å². The fraction of sp³-hybridized carbons (Fsp3) is 0.375. The van der Waals surface area contributed by atoms with Crippen LogP contribution in [0.4, 0.5) is 10.9 Å². The summed E-state index contributed by atoms with van der Waals surface area (Å²) in [5, 5.41) is 12.8. The maximum Gasteiger partial charge on any atom is 0.188 e. The molecule has 0 spiro atoms. The number of aromatic nitrogens is 3. The average Bonchev–Trinajstić information content (AvgIpc) is 2.58. The van der Waals surface area contributed by atoms with Gasteiger partial charge in [-0.1, -0.05) is 11.3 Å². The monoisotopic (exact) mass is 257 g/mol. The Balaban J connectivity index is 2.49. The minimum Gasteiger partial charge on any atom is -0.394 e. The van der Waals surface area contributed by atoms with Crippen molar-refractivity contribution in [3.05, 3.63) is 0 Å². The van der Waals surface area contributed by atoms with E-state index in [0.29, 0.717) is 21.8 Å². The molecule has 6 nitrogen and oxygen atoms in total. The summed E-state index contributed by atoms with van der Waals surface area (Å²) in [7, 11) is 0. The third kappa shape index (κ3) is 2.18. The number of hydrogen-bond acceptors (Lipinski definition) is 8. The normalized spacial score (nSPS) is 12.9. The molecule has 0 aliphatic carbocycles. The van der Waals surface area contributed by atoms with Crippen LogP contribution in [-0.2, 0) is 0 Å². The third-order valence-electron chi connectivity index (χ3n) is 1.92. The number of thiol groups is 1. The maximum atomic E-state index is 8.98. The van der Waals surface area contributed by atoms with Crippen LogP contribution in [0.1, 0.15) is 6.92 Å². The van der Waals surface area contributed by atoms with Crippen LogP contribution in [0.5, 0.6) is 0 Å². The number of hydrogen-bond donors (Lipinski definition) is 4. The minimum absolute atomic E-state index is 0.0156. The van der Waals surface area contributed by atoms with Gasteiger partial charge in [0.2, 0.25) is 0 Å². The third-order valence-corrected chi connectivity index (χ3v) is 3.00. The zero-order valence-corrected chi connectivity index (χ0v) is 10.2. The Morgan fingerprint density at radius 3 is 2.94 bits per heavy atom. The highest BCUT2D eigenvalue weighted by Gasteiger charge is 2.12. The first-order valence-electron chi connectivity index (χ1n) is 4.60. The first kappa shape index (κ1) is 11.4. The molecule has 8 heteroatoms. The predicted octanol–water partition coefficient (Wildman–Crippen LogP) is 0.750. The number of aliphatic hydroxyl groups excluding tert-OH is 1. The van der Waals surface area contributed by atoms with E-state index in [1.54, 1.807) is 0 Å². The summed E-state index contributed by atoms with van der Waals surface area (Å²) in [4.78, 5) is 12.3. The number of rotatable bonds is 3. The van der Waals surface area contributed by atoms with E-state index in [4.69, 9.17) is 10.8 Å². The molecule has 0 aliphatic heterocycles. The lowest BCUT2D eigenvalue weighted by molar-refractivity contribution is 0.281. The van der Waals surface area contributed by atoms with E-state index >= 15 is 0 Å². The standard InChI is InChI=1S/C8H11N5OS2/c1-3(2-14)10-5-4-6(11-7(9)16-4)13-8(15)12-5/h3,14H,2H2,1H3,(H4,9,10,11,12,13,15)/t3-/m1/s1. The molecule has 0 amide bonds. The van der Waals surface area contributed by atoms with Crippen LogP contribution >= 0.6 is 24.0 Å². The molecule has 16 heavy (non-hydrogen) atoms. The maximum absolute atomic E-state index is 8.98. The summed E-state index contributed by atoms with van der Waals surface area (Å²) in [6.07, 6.45) is 0. The molecule has 0 unspecified atom stereocenters. The van der Waals surface area contributed by atoms with Gasteiger partial charge >= 0.3 is 0 Å². The molecule has 0 aliphatic rings. The molecule has 2 heterocycles. The Morgan fingerprint density at radius 1 is 1.50 bits per heavy atom. The average molecular weight is 257 g/mol. The minimum atomic E-state index is -0.103. The van der Waals surface area contributed by atoms with Gasteiger partial charge in [0, 0.05) is 6.04 Å². The number of nitrogen functional groups attached to an aromatic ring is 1. The summed E-state index contributed by atoms with van der Waals surface area (Å²) >= 11 is 5.39. The van der Waals surface area contributed by atoms with Crippen molar-refractivity contribution < 1.29 is 5.11 Å². The van der Waals surface area contributed by atoms with E-state index in [0.717, 1.165) is 4.70 Å². The van der Waals surface area contributed by atoms with Crippen molar-refractivity contribution in [1.82, 2.24) is 15.0 Å². The molecule has 4 N–H and O–H groups in total. The van der Waals surface area contributed by atoms with Gasteiger partial charge in [0.25, 0.3) is 0 Å². The van der Waals surface area contributed by atoms with Crippen molar-refractivity contribution in [3.63, 3.8) is 0 Å². The van der Waals surface area contributed by atoms with Gasteiger partial charge in [0.15, 0.2) is 21.8 Å². The molecular formula is C8H11N5OS2. The van der Waals surface area contributed by atoms with Crippen LogP contribution in [0.2, 0.25) is 0 Å². The SMILES string of the molecule is C[C@H](CO)Nc1nc(S)nc2nc(N)sc12. The van der Waals surface area contributed by atoms with E-state index in [-0.39, 0.29) is 12.6 Å². The van der Waals surface area contributed by atoms with Crippen molar-refractivity contribution in [1.29, 1.82) is 0 Å². The molecule has 86 valence electrons. The molecule has 2 rings (SSSR count). The quantitative estimate of drug-likeness (QED) is 0.478. The van der Waals surface area contributed by atoms with E-state index < -0.39 is 0 Å². The Kier molecular flexibility index (Phi) is 3.13. The first-order valence-corrected chi connectivity index (χ1v) is 5.87. The Labute approximate surface area is 101 Å². The van der Waals surface area contributed by atoms with Gasteiger partial charge in [-0.2, -0.15) is 0 Å². The van der Waals surface area contributed by atoms with Crippen molar-refractivity contribution in [2.24, 2.45) is 0 Å². The second-order valence-electron chi connectivity index (χ2n) is 3.31. The van der Waals surface area contributed by atoms with E-state index in [1.807, 2.05) is 6.92 Å². The number of nitrogens with zero attached hydrogens (tertiary/aromatic N) is 3. The largest absolute Gasteiger partial charge is 0.394 e. The van der Waals surface area contributed by atoms with Crippen molar-refractivity contribution >= 4 is 45.3 Å². The van der Waals surface area contributed by atoms with E-state index in [2.05, 4.69) is 32.9 Å². The molecule has 0 aromatic carbocycles. The Hall–Kier alpha value is -1.12. The lowest BCUT2D eigenvalue weighted by Crippen LogP contribution is -2.20. The van der Waals surface area contributed by atoms with Gasteiger partial charge in [-0.3, -0.25) is 0 Å². The second kappa shape index (κ2) is 4.40.